The van der Waals surface area contributed by atoms with Gasteiger partial charge in [0.1, 0.15) is 5.82 Å². The third kappa shape index (κ3) is 6.88. The molecule has 2 rings (SSSR count). The van der Waals surface area contributed by atoms with E-state index in [1.807, 2.05) is 13.8 Å². The van der Waals surface area contributed by atoms with Crippen molar-refractivity contribution in [2.45, 2.75) is 38.7 Å². The summed E-state index contributed by atoms with van der Waals surface area (Å²) < 4.78 is 87.1. The second-order valence-corrected chi connectivity index (χ2v) is 6.51. The van der Waals surface area contributed by atoms with Gasteiger partial charge in [0.25, 0.3) is 0 Å². The van der Waals surface area contributed by atoms with Crippen LogP contribution in [0.1, 0.15) is 42.5 Å². The number of hydrogen-bond acceptors (Lipinski definition) is 3. The molecule has 0 spiro atoms. The molecule has 166 valence electrons. The predicted molar refractivity (Wildman–Crippen MR) is 100 cm³/mol. The van der Waals surface area contributed by atoms with Crippen molar-refractivity contribution in [2.75, 3.05) is 11.9 Å². The van der Waals surface area contributed by atoms with Gasteiger partial charge >= 0.3 is 12.4 Å². The third-order valence-corrected chi connectivity index (χ3v) is 4.50. The largest absolute Gasteiger partial charge is 0.417 e. The van der Waals surface area contributed by atoms with Crippen LogP contribution < -0.4 is 4.90 Å². The van der Waals surface area contributed by atoms with Gasteiger partial charge in [-0.25, -0.2) is 4.39 Å². The number of nitriles is 2. The molecule has 0 N–H and O–H groups in total. The number of hydrogen-bond donors (Lipinski definition) is 0. The minimum atomic E-state index is -4.69. The first-order valence-corrected chi connectivity index (χ1v) is 8.87. The van der Waals surface area contributed by atoms with E-state index in [0.29, 0.717) is 11.8 Å². The molecule has 2 aromatic rings. The van der Waals surface area contributed by atoms with E-state index in [1.165, 1.54) is 12.1 Å². The van der Waals surface area contributed by atoms with E-state index in [0.717, 1.165) is 24.6 Å². The van der Waals surface area contributed by atoms with Crippen LogP contribution in [0.2, 0.25) is 0 Å². The molecule has 0 amide bonds. The van der Waals surface area contributed by atoms with Crippen molar-refractivity contribution >= 4 is 5.69 Å². The summed E-state index contributed by atoms with van der Waals surface area (Å²) in [6.07, 6.45) is -8.36. The van der Waals surface area contributed by atoms with E-state index in [1.54, 1.807) is 24.1 Å². The summed E-state index contributed by atoms with van der Waals surface area (Å²) in [4.78, 5) is 1.77. The molecule has 10 heteroatoms. The lowest BCUT2D eigenvalue weighted by Crippen LogP contribution is -2.28. The van der Waals surface area contributed by atoms with Crippen LogP contribution in [0, 0.1) is 28.5 Å². The summed E-state index contributed by atoms with van der Waals surface area (Å²) in [6, 6.07) is 8.77. The van der Waals surface area contributed by atoms with Gasteiger partial charge in [-0.15, -0.1) is 0 Å². The maximum atomic E-state index is 12.8. The molecule has 3 nitrogen and oxygen atoms in total. The molecule has 0 aliphatic carbocycles. The number of anilines is 1. The standard InChI is InChI=1S/C13H15F3N2.C8H3F4N/c1-4-9(2)18(3)11-6-5-10(8-17)12(7-11)13(14,15)16;9-6-2-1-5(4-13)7(3-6)8(10,11)12/h5-7,9H,4H2,1-3H3;1-3H. The van der Waals surface area contributed by atoms with Crippen molar-refractivity contribution in [1.29, 1.82) is 10.5 Å². The van der Waals surface area contributed by atoms with Crippen LogP contribution in [0.4, 0.5) is 36.4 Å². The van der Waals surface area contributed by atoms with Crippen LogP contribution in [0.25, 0.3) is 0 Å². The van der Waals surface area contributed by atoms with Crippen LogP contribution >= 0.6 is 0 Å². The van der Waals surface area contributed by atoms with Gasteiger partial charge in [0.15, 0.2) is 0 Å². The normalized spacial score (nSPS) is 12.1. The van der Waals surface area contributed by atoms with Crippen LogP contribution in [0.3, 0.4) is 0 Å². The van der Waals surface area contributed by atoms with Gasteiger partial charge in [-0.2, -0.15) is 36.9 Å². The first-order valence-electron chi connectivity index (χ1n) is 8.87. The van der Waals surface area contributed by atoms with Crippen LogP contribution in [0.15, 0.2) is 36.4 Å². The SMILES string of the molecule is CCC(C)N(C)c1ccc(C#N)c(C(F)(F)F)c1.N#Cc1ccc(F)cc1C(F)(F)F. The molecule has 1 atom stereocenters. The van der Waals surface area contributed by atoms with Gasteiger partial charge in [-0.1, -0.05) is 6.92 Å². The van der Waals surface area contributed by atoms with Crippen molar-refractivity contribution < 1.29 is 30.7 Å². The second-order valence-electron chi connectivity index (χ2n) is 6.51. The molecule has 0 radical (unpaired) electrons. The molecule has 0 aromatic heterocycles. The Kier molecular flexibility index (Phi) is 8.45. The molecule has 0 aliphatic heterocycles. The number of benzene rings is 2. The minimum Gasteiger partial charge on any atom is -0.372 e. The van der Waals surface area contributed by atoms with E-state index in [2.05, 4.69) is 0 Å². The summed E-state index contributed by atoms with van der Waals surface area (Å²) in [5, 5.41) is 17.0. The van der Waals surface area contributed by atoms with Crippen molar-refractivity contribution in [1.82, 2.24) is 0 Å². The smallest absolute Gasteiger partial charge is 0.372 e. The Morgan fingerprint density at radius 1 is 0.871 bits per heavy atom. The Bertz CT molecular complexity index is 982. The Morgan fingerprint density at radius 3 is 1.74 bits per heavy atom. The van der Waals surface area contributed by atoms with E-state index in [9.17, 15) is 30.7 Å². The number of rotatable bonds is 3. The maximum absolute atomic E-state index is 12.8. The van der Waals surface area contributed by atoms with E-state index in [4.69, 9.17) is 10.5 Å². The van der Waals surface area contributed by atoms with Crippen molar-refractivity contribution in [3.8, 4) is 12.1 Å². The third-order valence-electron chi connectivity index (χ3n) is 4.50. The average molecular weight is 445 g/mol. The summed E-state index contributed by atoms with van der Waals surface area (Å²) >= 11 is 0. The van der Waals surface area contributed by atoms with E-state index in [-0.39, 0.29) is 11.6 Å². The Morgan fingerprint density at radius 2 is 1.32 bits per heavy atom. The Hall–Kier alpha value is -3.27. The number of nitrogens with zero attached hydrogens (tertiary/aromatic N) is 3. The second kappa shape index (κ2) is 10.2. The van der Waals surface area contributed by atoms with Gasteiger partial charge in [0.2, 0.25) is 0 Å². The van der Waals surface area contributed by atoms with E-state index < -0.39 is 34.9 Å². The highest BCUT2D eigenvalue weighted by molar-refractivity contribution is 5.54. The lowest BCUT2D eigenvalue weighted by Gasteiger charge is -2.27. The van der Waals surface area contributed by atoms with Crippen molar-refractivity contribution in [2.24, 2.45) is 0 Å². The zero-order valence-corrected chi connectivity index (χ0v) is 16.7. The lowest BCUT2D eigenvalue weighted by molar-refractivity contribution is -0.138. The maximum Gasteiger partial charge on any atom is 0.417 e. The molecule has 0 aliphatic rings. The van der Waals surface area contributed by atoms with Crippen LogP contribution in [-0.4, -0.2) is 13.1 Å². The number of halogens is 7. The van der Waals surface area contributed by atoms with Gasteiger partial charge in [0.05, 0.1) is 34.4 Å². The quantitative estimate of drug-likeness (QED) is 0.505. The van der Waals surface area contributed by atoms with Crippen molar-refractivity contribution in [3.05, 3.63) is 64.5 Å². The molecule has 1 unspecified atom stereocenters. The Labute approximate surface area is 174 Å². The summed E-state index contributed by atoms with van der Waals surface area (Å²) in [6.45, 7) is 3.90. The predicted octanol–water partition coefficient (Wildman–Crippen LogP) is 6.53. The molecular formula is C21H18F7N3. The zero-order chi connectivity index (χ0) is 24.0. The molecule has 31 heavy (non-hydrogen) atoms. The zero-order valence-electron chi connectivity index (χ0n) is 16.7. The first-order chi connectivity index (χ1) is 14.3. The molecule has 0 saturated heterocycles. The summed E-state index contributed by atoms with van der Waals surface area (Å²) in [7, 11) is 1.75. The van der Waals surface area contributed by atoms with Gasteiger partial charge < -0.3 is 4.90 Å². The van der Waals surface area contributed by atoms with Crippen molar-refractivity contribution in [3.63, 3.8) is 0 Å². The lowest BCUT2D eigenvalue weighted by atomic mass is 10.1. The molecule has 0 bridgehead atoms. The summed E-state index contributed by atoms with van der Waals surface area (Å²) in [5.74, 6) is -1.01. The Balaban J connectivity index is 0.000000327. The molecule has 0 heterocycles. The van der Waals surface area contributed by atoms with Crippen LogP contribution in [0.5, 0.6) is 0 Å². The highest BCUT2D eigenvalue weighted by atomic mass is 19.4. The van der Waals surface area contributed by atoms with Gasteiger partial charge in [0, 0.05) is 18.8 Å². The van der Waals surface area contributed by atoms with E-state index >= 15 is 0 Å². The molecule has 0 fully saturated rings. The fourth-order valence-electron chi connectivity index (χ4n) is 2.46. The number of alkyl halides is 6. The summed E-state index contributed by atoms with van der Waals surface area (Å²) in [5.41, 5.74) is -2.57. The average Bonchev–Trinajstić information content (AvgIpc) is 2.71. The highest BCUT2D eigenvalue weighted by Gasteiger charge is 2.34. The molecular weight excluding hydrogens is 427 g/mol. The van der Waals surface area contributed by atoms with Crippen LogP contribution in [-0.2, 0) is 12.4 Å². The fraction of sp³-hybridized carbons (Fsp3) is 0.333. The van der Waals surface area contributed by atoms with Gasteiger partial charge in [-0.05, 0) is 49.7 Å². The molecule has 2 aromatic carbocycles. The molecule has 0 saturated carbocycles. The monoisotopic (exact) mass is 445 g/mol. The highest BCUT2D eigenvalue weighted by Crippen LogP contribution is 2.35. The van der Waals surface area contributed by atoms with Gasteiger partial charge in [-0.3, -0.25) is 0 Å². The fourth-order valence-corrected chi connectivity index (χ4v) is 2.46. The topological polar surface area (TPSA) is 50.8 Å². The first kappa shape index (κ1) is 25.8. The minimum absolute atomic E-state index is 0.138.